The lowest BCUT2D eigenvalue weighted by molar-refractivity contribution is 0.390. The Kier molecular flexibility index (Phi) is 4.88. The summed E-state index contributed by atoms with van der Waals surface area (Å²) in [5.41, 5.74) is 6.71. The molecule has 0 aliphatic carbocycles. The van der Waals surface area contributed by atoms with Crippen molar-refractivity contribution in [3.8, 4) is 0 Å². The highest BCUT2D eigenvalue weighted by atomic mass is 35.5. The standard InChI is InChI=1S/C13H17N3O3S.ClH/c14-8-10-4-3-7-16(10)20(17,18)9-12-11-5-1-2-6-13(11)19-15-12;/h1-2,5-6,10H,3-4,7-9,14H2;1H. The Bertz CT molecular complexity index is 716. The van der Waals surface area contributed by atoms with E-state index >= 15 is 0 Å². The largest absolute Gasteiger partial charge is 0.356 e. The van der Waals surface area contributed by atoms with Crippen molar-refractivity contribution < 1.29 is 12.9 Å². The number of fused-ring (bicyclic) bond motifs is 1. The zero-order valence-electron chi connectivity index (χ0n) is 11.4. The Morgan fingerprint density at radius 2 is 2.14 bits per heavy atom. The van der Waals surface area contributed by atoms with E-state index < -0.39 is 10.0 Å². The molecule has 116 valence electrons. The Morgan fingerprint density at radius 1 is 1.38 bits per heavy atom. The Balaban J connectivity index is 0.00000161. The summed E-state index contributed by atoms with van der Waals surface area (Å²) < 4.78 is 31.7. The zero-order valence-corrected chi connectivity index (χ0v) is 13.1. The second-order valence-corrected chi connectivity index (χ2v) is 6.95. The number of benzene rings is 1. The molecule has 1 aliphatic rings. The molecule has 1 aromatic carbocycles. The van der Waals surface area contributed by atoms with Crippen LogP contribution in [-0.4, -0.2) is 37.0 Å². The predicted molar refractivity (Wildman–Crippen MR) is 82.7 cm³/mol. The van der Waals surface area contributed by atoms with Crippen LogP contribution in [0.2, 0.25) is 0 Å². The number of aromatic nitrogens is 1. The highest BCUT2D eigenvalue weighted by Crippen LogP contribution is 2.25. The molecule has 1 unspecified atom stereocenters. The minimum absolute atomic E-state index is 0. The normalized spacial score (nSPS) is 19.8. The fourth-order valence-corrected chi connectivity index (χ4v) is 4.48. The molecular weight excluding hydrogens is 314 g/mol. The van der Waals surface area contributed by atoms with Gasteiger partial charge in [-0.05, 0) is 25.0 Å². The second-order valence-electron chi connectivity index (χ2n) is 5.02. The van der Waals surface area contributed by atoms with Crippen molar-refractivity contribution >= 4 is 33.4 Å². The van der Waals surface area contributed by atoms with Crippen LogP contribution in [-0.2, 0) is 15.8 Å². The molecule has 8 heteroatoms. The van der Waals surface area contributed by atoms with Gasteiger partial charge in [0.05, 0.1) is 0 Å². The average Bonchev–Trinajstić information content (AvgIpc) is 3.06. The quantitative estimate of drug-likeness (QED) is 0.917. The topological polar surface area (TPSA) is 89.4 Å². The lowest BCUT2D eigenvalue weighted by Crippen LogP contribution is -2.40. The monoisotopic (exact) mass is 331 g/mol. The molecule has 0 amide bonds. The van der Waals surface area contributed by atoms with Gasteiger partial charge in [-0.2, -0.15) is 4.31 Å². The molecule has 1 atom stereocenters. The fraction of sp³-hybridized carbons (Fsp3) is 0.462. The van der Waals surface area contributed by atoms with Gasteiger partial charge in [-0.15, -0.1) is 12.4 Å². The lowest BCUT2D eigenvalue weighted by atomic mass is 10.2. The summed E-state index contributed by atoms with van der Waals surface area (Å²) in [7, 11) is -3.40. The third kappa shape index (κ3) is 3.06. The summed E-state index contributed by atoms with van der Waals surface area (Å²) in [6.45, 7) is 0.902. The van der Waals surface area contributed by atoms with Gasteiger partial charge in [0, 0.05) is 24.5 Å². The molecule has 21 heavy (non-hydrogen) atoms. The number of para-hydroxylation sites is 1. The van der Waals surface area contributed by atoms with E-state index in [-0.39, 0.29) is 24.2 Å². The number of rotatable bonds is 4. The molecule has 3 rings (SSSR count). The van der Waals surface area contributed by atoms with Crippen LogP contribution in [0.3, 0.4) is 0 Å². The Morgan fingerprint density at radius 3 is 2.90 bits per heavy atom. The highest BCUT2D eigenvalue weighted by molar-refractivity contribution is 7.88. The van der Waals surface area contributed by atoms with E-state index in [1.165, 1.54) is 4.31 Å². The summed E-state index contributed by atoms with van der Waals surface area (Å²) in [4.78, 5) is 0. The molecule has 2 heterocycles. The van der Waals surface area contributed by atoms with Gasteiger partial charge >= 0.3 is 0 Å². The van der Waals surface area contributed by atoms with Gasteiger partial charge in [0.25, 0.3) is 0 Å². The van der Waals surface area contributed by atoms with Crippen LogP contribution in [0, 0.1) is 0 Å². The first-order valence-electron chi connectivity index (χ1n) is 6.64. The number of halogens is 1. The van der Waals surface area contributed by atoms with Crippen LogP contribution in [0.1, 0.15) is 18.5 Å². The maximum absolute atomic E-state index is 12.5. The third-order valence-electron chi connectivity index (χ3n) is 3.72. The Labute approximate surface area is 129 Å². The molecule has 1 aliphatic heterocycles. The fourth-order valence-electron chi connectivity index (χ4n) is 2.71. The van der Waals surface area contributed by atoms with Crippen LogP contribution in [0.4, 0.5) is 0 Å². The predicted octanol–water partition coefficient (Wildman–Crippen LogP) is 1.50. The first-order valence-corrected chi connectivity index (χ1v) is 8.25. The molecule has 2 N–H and O–H groups in total. The summed E-state index contributed by atoms with van der Waals surface area (Å²) in [6, 6.07) is 7.18. The molecule has 0 spiro atoms. The van der Waals surface area contributed by atoms with Gasteiger partial charge in [-0.25, -0.2) is 8.42 Å². The average molecular weight is 332 g/mol. The molecule has 0 radical (unpaired) electrons. The van der Waals surface area contributed by atoms with Crippen molar-refractivity contribution in [1.29, 1.82) is 0 Å². The lowest BCUT2D eigenvalue weighted by Gasteiger charge is -2.22. The van der Waals surface area contributed by atoms with Crippen LogP contribution in [0.15, 0.2) is 28.8 Å². The van der Waals surface area contributed by atoms with Gasteiger partial charge in [0.2, 0.25) is 10.0 Å². The van der Waals surface area contributed by atoms with E-state index in [0.717, 1.165) is 18.2 Å². The molecule has 1 saturated heterocycles. The van der Waals surface area contributed by atoms with Gasteiger partial charge in [0.1, 0.15) is 11.4 Å². The maximum Gasteiger partial charge on any atom is 0.220 e. The summed E-state index contributed by atoms with van der Waals surface area (Å²) in [5.74, 6) is -0.138. The van der Waals surface area contributed by atoms with Crippen molar-refractivity contribution in [3.05, 3.63) is 30.0 Å². The zero-order chi connectivity index (χ0) is 14.2. The van der Waals surface area contributed by atoms with Crippen molar-refractivity contribution in [2.24, 2.45) is 5.73 Å². The molecular formula is C13H18ClN3O3S. The molecule has 1 fully saturated rings. The number of sulfonamides is 1. The molecule has 1 aromatic heterocycles. The second kappa shape index (κ2) is 6.31. The Hall–Kier alpha value is -1.15. The number of nitrogens with two attached hydrogens (primary N) is 1. The van der Waals surface area contributed by atoms with Gasteiger partial charge in [0.15, 0.2) is 5.58 Å². The molecule has 6 nitrogen and oxygen atoms in total. The number of nitrogens with zero attached hydrogens (tertiary/aromatic N) is 2. The van der Waals surface area contributed by atoms with Gasteiger partial charge in [-0.3, -0.25) is 0 Å². The van der Waals surface area contributed by atoms with E-state index in [0.29, 0.717) is 24.4 Å². The van der Waals surface area contributed by atoms with Crippen molar-refractivity contribution in [1.82, 2.24) is 9.46 Å². The molecule has 2 aromatic rings. The number of hydrogen-bond acceptors (Lipinski definition) is 5. The SMILES string of the molecule is Cl.NCC1CCCN1S(=O)(=O)Cc1noc2ccccc12. The minimum atomic E-state index is -3.40. The van der Waals surface area contributed by atoms with Crippen LogP contribution in [0.25, 0.3) is 11.0 Å². The highest BCUT2D eigenvalue weighted by Gasteiger charge is 2.34. The van der Waals surface area contributed by atoms with Gasteiger partial charge < -0.3 is 10.3 Å². The van der Waals surface area contributed by atoms with Crippen molar-refractivity contribution in [3.63, 3.8) is 0 Å². The minimum Gasteiger partial charge on any atom is -0.356 e. The smallest absolute Gasteiger partial charge is 0.220 e. The summed E-state index contributed by atoms with van der Waals surface area (Å²) in [6.07, 6.45) is 1.69. The summed E-state index contributed by atoms with van der Waals surface area (Å²) >= 11 is 0. The van der Waals surface area contributed by atoms with Crippen molar-refractivity contribution in [2.45, 2.75) is 24.6 Å². The summed E-state index contributed by atoms with van der Waals surface area (Å²) in [5, 5.41) is 4.64. The van der Waals surface area contributed by atoms with Crippen LogP contribution < -0.4 is 5.73 Å². The molecule has 0 saturated carbocycles. The van der Waals surface area contributed by atoms with Crippen LogP contribution in [0.5, 0.6) is 0 Å². The van der Waals surface area contributed by atoms with Gasteiger partial charge in [-0.1, -0.05) is 17.3 Å². The molecule has 0 bridgehead atoms. The van der Waals surface area contributed by atoms with Crippen molar-refractivity contribution in [2.75, 3.05) is 13.1 Å². The maximum atomic E-state index is 12.5. The van der Waals surface area contributed by atoms with E-state index in [1.807, 2.05) is 18.2 Å². The van der Waals surface area contributed by atoms with E-state index in [9.17, 15) is 8.42 Å². The van der Waals surface area contributed by atoms with E-state index in [2.05, 4.69) is 5.16 Å². The first kappa shape index (κ1) is 16.2. The van der Waals surface area contributed by atoms with E-state index in [1.54, 1.807) is 6.07 Å². The first-order chi connectivity index (χ1) is 9.62. The number of hydrogen-bond donors (Lipinski definition) is 1. The third-order valence-corrected chi connectivity index (χ3v) is 5.56. The van der Waals surface area contributed by atoms with Crippen LogP contribution >= 0.6 is 12.4 Å². The van der Waals surface area contributed by atoms with E-state index in [4.69, 9.17) is 10.3 Å².